The second-order valence-electron chi connectivity index (χ2n) is 4.76. The van der Waals surface area contributed by atoms with Crippen LogP contribution >= 0.6 is 11.6 Å². The molecule has 0 spiro atoms. The molecular formula is C16H13ClN4O2. The van der Waals surface area contributed by atoms with Gasteiger partial charge in [-0.15, -0.1) is 0 Å². The molecule has 116 valence electrons. The predicted molar refractivity (Wildman–Crippen MR) is 87.4 cm³/mol. The highest BCUT2D eigenvalue weighted by molar-refractivity contribution is 6.33. The van der Waals surface area contributed by atoms with Crippen LogP contribution < -0.4 is 5.43 Å². The summed E-state index contributed by atoms with van der Waals surface area (Å²) in [6.45, 7) is 1.74. The molecule has 0 saturated heterocycles. The molecule has 6 nitrogen and oxygen atoms in total. The number of carbonyl (C=O) groups is 1. The molecule has 3 rings (SSSR count). The topological polar surface area (TPSA) is 83.3 Å². The normalized spacial score (nSPS) is 11.5. The third kappa shape index (κ3) is 3.32. The van der Waals surface area contributed by atoms with E-state index in [1.165, 1.54) is 0 Å². The molecule has 0 aliphatic heterocycles. The van der Waals surface area contributed by atoms with Crippen LogP contribution in [0.25, 0.3) is 11.3 Å². The van der Waals surface area contributed by atoms with E-state index in [0.717, 1.165) is 5.56 Å². The van der Waals surface area contributed by atoms with Crippen molar-refractivity contribution in [3.63, 3.8) is 0 Å². The van der Waals surface area contributed by atoms with E-state index < -0.39 is 5.91 Å². The van der Waals surface area contributed by atoms with Gasteiger partial charge in [0, 0.05) is 5.56 Å². The van der Waals surface area contributed by atoms with E-state index in [-0.39, 0.29) is 5.69 Å². The summed E-state index contributed by atoms with van der Waals surface area (Å²) in [7, 11) is 0. The second kappa shape index (κ2) is 6.50. The number of halogens is 1. The lowest BCUT2D eigenvalue weighted by atomic mass is 10.1. The predicted octanol–water partition coefficient (Wildman–Crippen LogP) is 3.48. The van der Waals surface area contributed by atoms with Gasteiger partial charge < -0.3 is 4.42 Å². The SMILES string of the molecule is C/C(=N/NC(=O)c1cc(-c2ccccc2Cl)n[nH]1)c1ccco1. The zero-order valence-electron chi connectivity index (χ0n) is 12.2. The molecule has 0 aliphatic rings. The Morgan fingerprint density at radius 1 is 1.30 bits per heavy atom. The van der Waals surface area contributed by atoms with Gasteiger partial charge in [0.2, 0.25) is 0 Å². The quantitative estimate of drug-likeness (QED) is 0.568. The maximum absolute atomic E-state index is 12.1. The molecule has 2 aromatic heterocycles. The Hall–Kier alpha value is -2.86. The number of hydrazone groups is 1. The number of H-pyrrole nitrogens is 1. The summed E-state index contributed by atoms with van der Waals surface area (Å²) in [4.78, 5) is 12.1. The lowest BCUT2D eigenvalue weighted by Crippen LogP contribution is -2.19. The maximum Gasteiger partial charge on any atom is 0.289 e. The monoisotopic (exact) mass is 328 g/mol. The minimum absolute atomic E-state index is 0.288. The molecule has 2 heterocycles. The van der Waals surface area contributed by atoms with E-state index in [0.29, 0.717) is 22.2 Å². The van der Waals surface area contributed by atoms with Gasteiger partial charge in [-0.2, -0.15) is 10.2 Å². The average Bonchev–Trinajstić information content (AvgIpc) is 3.24. The number of aromatic amines is 1. The highest BCUT2D eigenvalue weighted by Crippen LogP contribution is 2.26. The van der Waals surface area contributed by atoms with Crippen molar-refractivity contribution >= 4 is 23.2 Å². The van der Waals surface area contributed by atoms with E-state index in [9.17, 15) is 4.79 Å². The summed E-state index contributed by atoms with van der Waals surface area (Å²) in [6, 6.07) is 12.4. The maximum atomic E-state index is 12.1. The van der Waals surface area contributed by atoms with Crippen LogP contribution in [-0.4, -0.2) is 21.8 Å². The molecule has 0 unspecified atom stereocenters. The van der Waals surface area contributed by atoms with E-state index in [2.05, 4.69) is 20.7 Å². The van der Waals surface area contributed by atoms with Crippen LogP contribution in [0.15, 0.2) is 58.2 Å². The lowest BCUT2D eigenvalue weighted by Gasteiger charge is -1.99. The van der Waals surface area contributed by atoms with Crippen LogP contribution in [0.1, 0.15) is 23.2 Å². The summed E-state index contributed by atoms with van der Waals surface area (Å²) < 4.78 is 5.19. The first-order valence-corrected chi connectivity index (χ1v) is 7.22. The van der Waals surface area contributed by atoms with Gasteiger partial charge in [0.25, 0.3) is 5.91 Å². The van der Waals surface area contributed by atoms with E-state index in [1.54, 1.807) is 37.5 Å². The Bertz CT molecular complexity index is 853. The van der Waals surface area contributed by atoms with Crippen molar-refractivity contribution in [1.82, 2.24) is 15.6 Å². The number of amides is 1. The van der Waals surface area contributed by atoms with E-state index in [4.69, 9.17) is 16.0 Å². The van der Waals surface area contributed by atoms with Crippen molar-refractivity contribution in [2.75, 3.05) is 0 Å². The van der Waals surface area contributed by atoms with Crippen LogP contribution in [0.4, 0.5) is 0 Å². The number of hydrogen-bond donors (Lipinski definition) is 2. The first kappa shape index (κ1) is 15.1. The molecule has 0 saturated carbocycles. The number of nitrogens with one attached hydrogen (secondary N) is 2. The minimum Gasteiger partial charge on any atom is -0.463 e. The number of rotatable bonds is 4. The van der Waals surface area contributed by atoms with Gasteiger partial charge in [0.15, 0.2) is 0 Å². The van der Waals surface area contributed by atoms with Gasteiger partial charge >= 0.3 is 0 Å². The molecule has 1 amide bonds. The molecule has 0 bridgehead atoms. The van der Waals surface area contributed by atoms with Crippen molar-refractivity contribution in [2.24, 2.45) is 5.10 Å². The van der Waals surface area contributed by atoms with Crippen LogP contribution in [-0.2, 0) is 0 Å². The van der Waals surface area contributed by atoms with Crippen LogP contribution in [0.5, 0.6) is 0 Å². The largest absolute Gasteiger partial charge is 0.463 e. The number of aromatic nitrogens is 2. The van der Waals surface area contributed by atoms with Crippen LogP contribution in [0.3, 0.4) is 0 Å². The number of hydrogen-bond acceptors (Lipinski definition) is 4. The number of nitrogens with zero attached hydrogens (tertiary/aromatic N) is 2. The van der Waals surface area contributed by atoms with Gasteiger partial charge in [-0.1, -0.05) is 29.8 Å². The average molecular weight is 329 g/mol. The lowest BCUT2D eigenvalue weighted by molar-refractivity contribution is 0.0950. The molecule has 0 aliphatic carbocycles. The highest BCUT2D eigenvalue weighted by Gasteiger charge is 2.12. The summed E-state index contributed by atoms with van der Waals surface area (Å²) >= 11 is 6.12. The molecule has 0 radical (unpaired) electrons. The minimum atomic E-state index is -0.401. The third-order valence-electron chi connectivity index (χ3n) is 3.18. The molecule has 7 heteroatoms. The van der Waals surface area contributed by atoms with Crippen LogP contribution in [0, 0.1) is 0 Å². The first-order valence-electron chi connectivity index (χ1n) is 6.84. The Morgan fingerprint density at radius 2 is 2.13 bits per heavy atom. The van der Waals surface area contributed by atoms with Crippen molar-refractivity contribution in [2.45, 2.75) is 6.92 Å². The smallest absolute Gasteiger partial charge is 0.289 e. The number of furan rings is 1. The highest BCUT2D eigenvalue weighted by atomic mass is 35.5. The van der Waals surface area contributed by atoms with E-state index >= 15 is 0 Å². The molecule has 1 aromatic carbocycles. The summed E-state index contributed by atoms with van der Waals surface area (Å²) in [5.74, 6) is 0.188. The zero-order chi connectivity index (χ0) is 16.2. The number of carbonyl (C=O) groups excluding carboxylic acids is 1. The standard InChI is InChI=1S/C16H13ClN4O2/c1-10(15-7-4-8-23-15)18-21-16(22)14-9-13(19-20-14)11-5-2-3-6-12(11)17/h2-9H,1H3,(H,19,20)(H,21,22)/b18-10-. The number of benzene rings is 1. The molecule has 3 aromatic rings. The second-order valence-corrected chi connectivity index (χ2v) is 5.17. The fourth-order valence-corrected chi connectivity index (χ4v) is 2.21. The fraction of sp³-hybridized carbons (Fsp3) is 0.0625. The van der Waals surface area contributed by atoms with Gasteiger partial charge in [-0.05, 0) is 31.2 Å². The Kier molecular flexibility index (Phi) is 4.25. The first-order chi connectivity index (χ1) is 11.1. The van der Waals surface area contributed by atoms with E-state index in [1.807, 2.05) is 18.2 Å². The van der Waals surface area contributed by atoms with Gasteiger partial charge in [0.1, 0.15) is 17.2 Å². The summed E-state index contributed by atoms with van der Waals surface area (Å²) in [5.41, 5.74) is 4.64. The van der Waals surface area contributed by atoms with Gasteiger partial charge in [-0.25, -0.2) is 5.43 Å². The Morgan fingerprint density at radius 3 is 2.87 bits per heavy atom. The van der Waals surface area contributed by atoms with Crippen LogP contribution in [0.2, 0.25) is 5.02 Å². The molecule has 2 N–H and O–H groups in total. The van der Waals surface area contributed by atoms with Gasteiger partial charge in [0.05, 0.1) is 17.0 Å². The fourth-order valence-electron chi connectivity index (χ4n) is 1.98. The van der Waals surface area contributed by atoms with Gasteiger partial charge in [-0.3, -0.25) is 9.89 Å². The Balaban J connectivity index is 1.74. The van der Waals surface area contributed by atoms with Crippen molar-refractivity contribution in [3.8, 4) is 11.3 Å². The molecule has 23 heavy (non-hydrogen) atoms. The summed E-state index contributed by atoms with van der Waals surface area (Å²) in [5, 5.41) is 11.3. The molecule has 0 fully saturated rings. The van der Waals surface area contributed by atoms with Crippen molar-refractivity contribution < 1.29 is 9.21 Å². The summed E-state index contributed by atoms with van der Waals surface area (Å²) in [6.07, 6.45) is 1.54. The third-order valence-corrected chi connectivity index (χ3v) is 3.50. The zero-order valence-corrected chi connectivity index (χ0v) is 13.0. The van der Waals surface area contributed by atoms with Crippen molar-refractivity contribution in [3.05, 3.63) is 65.2 Å². The Labute approximate surface area is 137 Å². The van der Waals surface area contributed by atoms with Crippen molar-refractivity contribution in [1.29, 1.82) is 0 Å². The molecule has 0 atom stereocenters. The molecular weight excluding hydrogens is 316 g/mol.